The largest absolute Gasteiger partial charge is 0.480 e. The van der Waals surface area contributed by atoms with Gasteiger partial charge in [0.2, 0.25) is 0 Å². The third-order valence-electron chi connectivity index (χ3n) is 2.09. The van der Waals surface area contributed by atoms with Gasteiger partial charge in [-0.05, 0) is 19.4 Å². The van der Waals surface area contributed by atoms with E-state index in [1.807, 2.05) is 11.8 Å². The first-order valence-electron chi connectivity index (χ1n) is 5.71. The Hall–Kier alpha value is -0.650. The first kappa shape index (κ1) is 15.3. The summed E-state index contributed by atoms with van der Waals surface area (Å²) in [5.41, 5.74) is 0. The Kier molecular flexibility index (Phi) is 10.4. The van der Waals surface area contributed by atoms with Gasteiger partial charge in [-0.15, -0.1) is 0 Å². The molecule has 0 aromatic rings. The average Bonchev–Trinajstić information content (AvgIpc) is 2.22. The molecule has 5 nitrogen and oxygen atoms in total. The van der Waals surface area contributed by atoms with Crippen molar-refractivity contribution >= 4 is 5.97 Å². The van der Waals surface area contributed by atoms with Crippen LogP contribution in [-0.4, -0.2) is 62.5 Å². The minimum Gasteiger partial charge on any atom is -0.480 e. The van der Waals surface area contributed by atoms with Crippen LogP contribution < -0.4 is 0 Å². The Labute approximate surface area is 97.3 Å². The van der Waals surface area contributed by atoms with Crippen molar-refractivity contribution in [1.82, 2.24) is 4.90 Å². The second-order valence-electron chi connectivity index (χ2n) is 3.63. The van der Waals surface area contributed by atoms with Gasteiger partial charge < -0.3 is 14.6 Å². The van der Waals surface area contributed by atoms with E-state index in [2.05, 4.69) is 0 Å². The van der Waals surface area contributed by atoms with Crippen molar-refractivity contribution in [3.05, 3.63) is 0 Å². The van der Waals surface area contributed by atoms with Crippen molar-refractivity contribution in [1.29, 1.82) is 0 Å². The third kappa shape index (κ3) is 9.89. The van der Waals surface area contributed by atoms with Gasteiger partial charge in [0.1, 0.15) is 0 Å². The maximum atomic E-state index is 10.6. The highest BCUT2D eigenvalue weighted by atomic mass is 16.5. The number of carboxylic acids is 1. The number of hydrogen-bond donors (Lipinski definition) is 1. The molecule has 0 aromatic heterocycles. The number of methoxy groups -OCH3 is 1. The Morgan fingerprint density at radius 1 is 1.25 bits per heavy atom. The molecule has 0 aliphatic heterocycles. The molecule has 0 aliphatic rings. The Morgan fingerprint density at radius 2 is 2.00 bits per heavy atom. The number of aliphatic carboxylic acids is 1. The fraction of sp³-hybridized carbons (Fsp3) is 0.909. The molecule has 5 heteroatoms. The minimum atomic E-state index is -0.770. The molecule has 0 rings (SSSR count). The first-order valence-corrected chi connectivity index (χ1v) is 5.71. The van der Waals surface area contributed by atoms with Crippen molar-refractivity contribution < 1.29 is 19.4 Å². The molecular formula is C11H23NO4. The van der Waals surface area contributed by atoms with Crippen LogP contribution in [0.4, 0.5) is 0 Å². The lowest BCUT2D eigenvalue weighted by Crippen LogP contribution is -2.32. The van der Waals surface area contributed by atoms with Crippen LogP contribution in [-0.2, 0) is 14.3 Å². The number of nitrogens with zero attached hydrogens (tertiary/aromatic N) is 1. The average molecular weight is 233 g/mol. The predicted molar refractivity (Wildman–Crippen MR) is 61.7 cm³/mol. The maximum absolute atomic E-state index is 10.6. The van der Waals surface area contributed by atoms with Gasteiger partial charge >= 0.3 is 5.97 Å². The van der Waals surface area contributed by atoms with Gasteiger partial charge in [0.25, 0.3) is 0 Å². The monoisotopic (exact) mass is 233 g/mol. The number of ether oxygens (including phenoxy) is 2. The molecule has 0 bridgehead atoms. The zero-order valence-electron chi connectivity index (χ0n) is 10.3. The molecule has 1 N–H and O–H groups in total. The van der Waals surface area contributed by atoms with Crippen molar-refractivity contribution in [2.45, 2.75) is 19.8 Å². The van der Waals surface area contributed by atoms with Gasteiger partial charge in [-0.1, -0.05) is 6.92 Å². The van der Waals surface area contributed by atoms with Crippen molar-refractivity contribution in [3.63, 3.8) is 0 Å². The molecule has 0 aliphatic carbocycles. The van der Waals surface area contributed by atoms with E-state index in [4.69, 9.17) is 14.6 Å². The van der Waals surface area contributed by atoms with E-state index in [0.717, 1.165) is 25.9 Å². The summed E-state index contributed by atoms with van der Waals surface area (Å²) in [5.74, 6) is -0.770. The molecule has 0 spiro atoms. The minimum absolute atomic E-state index is 0.117. The van der Waals surface area contributed by atoms with Gasteiger partial charge in [0, 0.05) is 20.3 Å². The summed E-state index contributed by atoms with van der Waals surface area (Å²) in [7, 11) is 1.64. The molecule has 0 saturated carbocycles. The van der Waals surface area contributed by atoms with E-state index < -0.39 is 5.97 Å². The van der Waals surface area contributed by atoms with Crippen LogP contribution in [0.2, 0.25) is 0 Å². The van der Waals surface area contributed by atoms with Crippen molar-refractivity contribution in [2.24, 2.45) is 0 Å². The summed E-state index contributed by atoms with van der Waals surface area (Å²) in [6.07, 6.45) is 1.83. The van der Waals surface area contributed by atoms with Crippen molar-refractivity contribution in [2.75, 3.05) is 46.6 Å². The number of rotatable bonds is 11. The first-order chi connectivity index (χ1) is 7.70. The fourth-order valence-corrected chi connectivity index (χ4v) is 1.41. The van der Waals surface area contributed by atoms with Crippen LogP contribution in [0.3, 0.4) is 0 Å². The Morgan fingerprint density at radius 3 is 2.56 bits per heavy atom. The lowest BCUT2D eigenvalue weighted by Gasteiger charge is -2.19. The van der Waals surface area contributed by atoms with E-state index in [1.165, 1.54) is 0 Å². The van der Waals surface area contributed by atoms with Gasteiger partial charge in [0.05, 0.1) is 19.8 Å². The molecule has 0 amide bonds. The Balaban J connectivity index is 3.47. The normalized spacial score (nSPS) is 10.9. The molecular weight excluding hydrogens is 210 g/mol. The quantitative estimate of drug-likeness (QED) is 0.536. The summed E-state index contributed by atoms with van der Waals surface area (Å²) in [6, 6.07) is 0. The van der Waals surface area contributed by atoms with E-state index in [1.54, 1.807) is 7.11 Å². The van der Waals surface area contributed by atoms with Gasteiger partial charge in [-0.2, -0.15) is 0 Å². The smallest absolute Gasteiger partial charge is 0.317 e. The van der Waals surface area contributed by atoms with Gasteiger partial charge in [0.15, 0.2) is 0 Å². The summed E-state index contributed by atoms with van der Waals surface area (Å²) in [5, 5.41) is 8.69. The molecule has 0 fully saturated rings. The van der Waals surface area contributed by atoms with E-state index in [0.29, 0.717) is 19.8 Å². The summed E-state index contributed by atoms with van der Waals surface area (Å²) in [4.78, 5) is 12.5. The molecule has 0 heterocycles. The number of carboxylic acid groups (broad SMARTS) is 1. The molecule has 96 valence electrons. The van der Waals surface area contributed by atoms with Gasteiger partial charge in [-0.3, -0.25) is 9.69 Å². The highest BCUT2D eigenvalue weighted by Crippen LogP contribution is 1.95. The summed E-state index contributed by atoms with van der Waals surface area (Å²) >= 11 is 0. The summed E-state index contributed by atoms with van der Waals surface area (Å²) in [6.45, 7) is 5.62. The second kappa shape index (κ2) is 10.9. The molecule has 0 aromatic carbocycles. The summed E-state index contributed by atoms with van der Waals surface area (Å²) < 4.78 is 10.2. The highest BCUT2D eigenvalue weighted by molar-refractivity contribution is 5.69. The maximum Gasteiger partial charge on any atom is 0.317 e. The lowest BCUT2D eigenvalue weighted by molar-refractivity contribution is -0.138. The topological polar surface area (TPSA) is 59.0 Å². The zero-order chi connectivity index (χ0) is 12.2. The lowest BCUT2D eigenvalue weighted by atomic mass is 10.3. The number of carbonyl (C=O) groups is 1. The standard InChI is InChI=1S/C11H23NO4/c1-3-5-12(10-11(13)14)6-4-7-16-9-8-15-2/h3-10H2,1-2H3,(H,13,14). The van der Waals surface area contributed by atoms with Crippen LogP contribution in [0.15, 0.2) is 0 Å². The fourth-order valence-electron chi connectivity index (χ4n) is 1.41. The van der Waals surface area contributed by atoms with Crippen LogP contribution >= 0.6 is 0 Å². The van der Waals surface area contributed by atoms with Gasteiger partial charge in [-0.25, -0.2) is 0 Å². The van der Waals surface area contributed by atoms with E-state index >= 15 is 0 Å². The zero-order valence-corrected chi connectivity index (χ0v) is 10.3. The highest BCUT2D eigenvalue weighted by Gasteiger charge is 2.07. The van der Waals surface area contributed by atoms with Crippen LogP contribution in [0.25, 0.3) is 0 Å². The van der Waals surface area contributed by atoms with Crippen molar-refractivity contribution in [3.8, 4) is 0 Å². The number of hydrogen-bond acceptors (Lipinski definition) is 4. The van der Waals surface area contributed by atoms with E-state index in [-0.39, 0.29) is 6.54 Å². The second-order valence-corrected chi connectivity index (χ2v) is 3.63. The van der Waals surface area contributed by atoms with Crippen LogP contribution in [0, 0.1) is 0 Å². The van der Waals surface area contributed by atoms with E-state index in [9.17, 15) is 4.79 Å². The SMILES string of the molecule is CCCN(CCCOCCOC)CC(=O)O. The molecule has 0 unspecified atom stereocenters. The third-order valence-corrected chi connectivity index (χ3v) is 2.09. The molecule has 0 radical (unpaired) electrons. The predicted octanol–water partition coefficient (Wildman–Crippen LogP) is 0.836. The molecule has 0 atom stereocenters. The van der Waals surface area contributed by atoms with Crippen LogP contribution in [0.5, 0.6) is 0 Å². The molecule has 0 saturated heterocycles. The van der Waals surface area contributed by atoms with Crippen LogP contribution in [0.1, 0.15) is 19.8 Å². The Bertz CT molecular complexity index is 175. The molecule has 16 heavy (non-hydrogen) atoms.